The lowest BCUT2D eigenvalue weighted by atomic mass is 9.95. The van der Waals surface area contributed by atoms with Crippen molar-refractivity contribution in [3.8, 4) is 0 Å². The number of aryl methyl sites for hydroxylation is 1. The van der Waals surface area contributed by atoms with Crippen LogP contribution in [-0.4, -0.2) is 24.2 Å². The first-order valence-corrected chi connectivity index (χ1v) is 6.46. The van der Waals surface area contributed by atoms with E-state index in [9.17, 15) is 4.79 Å². The maximum absolute atomic E-state index is 12.1. The summed E-state index contributed by atoms with van der Waals surface area (Å²) >= 11 is 0. The number of hydrogen-bond donors (Lipinski definition) is 2. The van der Waals surface area contributed by atoms with Crippen LogP contribution in [0.2, 0.25) is 0 Å². The lowest BCUT2D eigenvalue weighted by Crippen LogP contribution is -2.41. The maximum atomic E-state index is 12.1. The summed E-state index contributed by atoms with van der Waals surface area (Å²) in [5, 5.41) is 3.07. The number of amides is 1. The number of hydrogen-bond acceptors (Lipinski definition) is 3. The third-order valence-electron chi connectivity index (χ3n) is 3.95. The molecular formula is C14H18N2O2. The molecule has 1 aromatic rings. The van der Waals surface area contributed by atoms with Crippen molar-refractivity contribution in [2.75, 3.05) is 5.73 Å². The molecule has 4 heteroatoms. The molecule has 2 saturated heterocycles. The first-order valence-electron chi connectivity index (χ1n) is 6.46. The van der Waals surface area contributed by atoms with Crippen molar-refractivity contribution in [3.63, 3.8) is 0 Å². The average Bonchev–Trinajstić information content (AvgIpc) is 2.94. The average molecular weight is 246 g/mol. The van der Waals surface area contributed by atoms with E-state index in [2.05, 4.69) is 5.32 Å². The molecule has 3 unspecified atom stereocenters. The Hall–Kier alpha value is -1.55. The second-order valence-electron chi connectivity index (χ2n) is 5.26. The number of nitrogens with one attached hydrogen (secondary N) is 1. The van der Waals surface area contributed by atoms with Crippen LogP contribution < -0.4 is 11.1 Å². The molecule has 3 N–H and O–H groups in total. The quantitative estimate of drug-likeness (QED) is 0.779. The Morgan fingerprint density at radius 2 is 2.28 bits per heavy atom. The summed E-state index contributed by atoms with van der Waals surface area (Å²) in [6.45, 7) is 1.91. The fourth-order valence-electron chi connectivity index (χ4n) is 2.86. The lowest BCUT2D eigenvalue weighted by Gasteiger charge is -2.20. The largest absolute Gasteiger partial charge is 0.399 e. The molecule has 4 nitrogen and oxygen atoms in total. The number of nitrogens with two attached hydrogens (primary N) is 1. The Kier molecular flexibility index (Phi) is 2.74. The maximum Gasteiger partial charge on any atom is 0.251 e. The molecule has 1 amide bonds. The molecule has 0 aromatic heterocycles. The van der Waals surface area contributed by atoms with Gasteiger partial charge in [0.05, 0.1) is 18.2 Å². The van der Waals surface area contributed by atoms with E-state index < -0.39 is 0 Å². The van der Waals surface area contributed by atoms with Gasteiger partial charge in [-0.2, -0.15) is 0 Å². The number of ether oxygens (including phenoxy) is 1. The molecular weight excluding hydrogens is 228 g/mol. The molecule has 96 valence electrons. The molecule has 3 rings (SSSR count). The van der Waals surface area contributed by atoms with E-state index in [4.69, 9.17) is 10.5 Å². The van der Waals surface area contributed by atoms with Gasteiger partial charge in [-0.1, -0.05) is 0 Å². The first kappa shape index (κ1) is 11.5. The topological polar surface area (TPSA) is 64.3 Å². The van der Waals surface area contributed by atoms with Gasteiger partial charge in [-0.25, -0.2) is 0 Å². The Morgan fingerprint density at radius 1 is 1.44 bits per heavy atom. The van der Waals surface area contributed by atoms with E-state index in [-0.39, 0.29) is 18.1 Å². The minimum absolute atomic E-state index is 0.0285. The van der Waals surface area contributed by atoms with Crippen molar-refractivity contribution in [2.24, 2.45) is 0 Å². The second kappa shape index (κ2) is 4.28. The summed E-state index contributed by atoms with van der Waals surface area (Å²) < 4.78 is 5.73. The van der Waals surface area contributed by atoms with Gasteiger partial charge >= 0.3 is 0 Å². The van der Waals surface area contributed by atoms with E-state index in [1.54, 1.807) is 12.1 Å². The zero-order chi connectivity index (χ0) is 12.7. The Balaban J connectivity index is 1.69. The fourth-order valence-corrected chi connectivity index (χ4v) is 2.86. The predicted molar refractivity (Wildman–Crippen MR) is 69.4 cm³/mol. The second-order valence-corrected chi connectivity index (χ2v) is 5.26. The number of nitrogen functional groups attached to an aromatic ring is 1. The zero-order valence-electron chi connectivity index (χ0n) is 10.5. The highest BCUT2D eigenvalue weighted by Crippen LogP contribution is 2.34. The summed E-state index contributed by atoms with van der Waals surface area (Å²) in [5.41, 5.74) is 8.08. The van der Waals surface area contributed by atoms with Crippen molar-refractivity contribution in [1.29, 1.82) is 0 Å². The van der Waals surface area contributed by atoms with Crippen LogP contribution in [0.1, 0.15) is 35.2 Å². The van der Waals surface area contributed by atoms with Gasteiger partial charge in [-0.05, 0) is 49.9 Å². The normalized spacial score (nSPS) is 29.5. The molecule has 0 saturated carbocycles. The smallest absolute Gasteiger partial charge is 0.251 e. The van der Waals surface area contributed by atoms with Gasteiger partial charge in [0.25, 0.3) is 5.91 Å². The lowest BCUT2D eigenvalue weighted by molar-refractivity contribution is 0.0841. The van der Waals surface area contributed by atoms with Crippen LogP contribution in [0.25, 0.3) is 0 Å². The van der Waals surface area contributed by atoms with E-state index in [0.717, 1.165) is 30.5 Å². The van der Waals surface area contributed by atoms with E-state index in [1.807, 2.05) is 13.0 Å². The highest BCUT2D eigenvalue weighted by Gasteiger charge is 2.41. The summed E-state index contributed by atoms with van der Waals surface area (Å²) in [4.78, 5) is 12.1. The number of anilines is 1. The molecule has 0 aliphatic carbocycles. The van der Waals surface area contributed by atoms with Crippen molar-refractivity contribution in [3.05, 3.63) is 29.3 Å². The van der Waals surface area contributed by atoms with Crippen LogP contribution in [0.15, 0.2) is 18.2 Å². The number of carbonyl (C=O) groups excluding carboxylic acids is 1. The van der Waals surface area contributed by atoms with Gasteiger partial charge in [-0.15, -0.1) is 0 Å². The SMILES string of the molecule is Cc1cc(C(=O)NC2CC3CCC2O3)ccc1N. The molecule has 3 atom stereocenters. The van der Waals surface area contributed by atoms with Gasteiger partial charge in [-0.3, -0.25) is 4.79 Å². The summed E-state index contributed by atoms with van der Waals surface area (Å²) in [6.07, 6.45) is 3.72. The van der Waals surface area contributed by atoms with Crippen molar-refractivity contribution in [1.82, 2.24) is 5.32 Å². The molecule has 2 heterocycles. The summed E-state index contributed by atoms with van der Waals surface area (Å²) in [6, 6.07) is 5.56. The number of rotatable bonds is 2. The minimum atomic E-state index is -0.0285. The molecule has 2 bridgehead atoms. The minimum Gasteiger partial charge on any atom is -0.399 e. The Labute approximate surface area is 107 Å². The first-order chi connectivity index (χ1) is 8.63. The van der Waals surface area contributed by atoms with Crippen LogP contribution in [0.5, 0.6) is 0 Å². The third kappa shape index (κ3) is 1.97. The van der Waals surface area contributed by atoms with Gasteiger partial charge < -0.3 is 15.8 Å². The van der Waals surface area contributed by atoms with E-state index in [1.165, 1.54) is 0 Å². The number of carbonyl (C=O) groups is 1. The molecule has 1 aromatic carbocycles. The highest BCUT2D eigenvalue weighted by molar-refractivity contribution is 5.95. The Bertz CT molecular complexity index is 487. The van der Waals surface area contributed by atoms with E-state index in [0.29, 0.717) is 11.7 Å². The Morgan fingerprint density at radius 3 is 2.89 bits per heavy atom. The van der Waals surface area contributed by atoms with Crippen LogP contribution in [0, 0.1) is 6.92 Å². The predicted octanol–water partition coefficient (Wildman–Crippen LogP) is 1.63. The standard InChI is InChI=1S/C14H18N2O2/c1-8-6-9(2-4-11(8)15)14(17)16-12-7-10-3-5-13(12)18-10/h2,4,6,10,12-13H,3,5,7,15H2,1H3,(H,16,17). The number of benzene rings is 1. The monoisotopic (exact) mass is 246 g/mol. The molecule has 2 fully saturated rings. The summed E-state index contributed by atoms with van der Waals surface area (Å²) in [7, 11) is 0. The van der Waals surface area contributed by atoms with Gasteiger partial charge in [0, 0.05) is 11.3 Å². The van der Waals surface area contributed by atoms with Crippen molar-refractivity contribution >= 4 is 11.6 Å². The van der Waals surface area contributed by atoms with Crippen LogP contribution in [-0.2, 0) is 4.74 Å². The van der Waals surface area contributed by atoms with Crippen molar-refractivity contribution in [2.45, 2.75) is 44.4 Å². The van der Waals surface area contributed by atoms with Gasteiger partial charge in [0.15, 0.2) is 0 Å². The molecule has 0 radical (unpaired) electrons. The fraction of sp³-hybridized carbons (Fsp3) is 0.500. The van der Waals surface area contributed by atoms with Crippen LogP contribution >= 0.6 is 0 Å². The number of fused-ring (bicyclic) bond motifs is 2. The van der Waals surface area contributed by atoms with Crippen molar-refractivity contribution < 1.29 is 9.53 Å². The van der Waals surface area contributed by atoms with Gasteiger partial charge in [0.1, 0.15) is 0 Å². The zero-order valence-corrected chi connectivity index (χ0v) is 10.5. The van der Waals surface area contributed by atoms with Gasteiger partial charge in [0.2, 0.25) is 0 Å². The van der Waals surface area contributed by atoms with Crippen LogP contribution in [0.3, 0.4) is 0 Å². The third-order valence-corrected chi connectivity index (χ3v) is 3.95. The molecule has 18 heavy (non-hydrogen) atoms. The highest BCUT2D eigenvalue weighted by atomic mass is 16.5. The molecule has 2 aliphatic rings. The molecule has 2 aliphatic heterocycles. The van der Waals surface area contributed by atoms with Crippen LogP contribution in [0.4, 0.5) is 5.69 Å². The summed E-state index contributed by atoms with van der Waals surface area (Å²) in [5.74, 6) is -0.0285. The van der Waals surface area contributed by atoms with E-state index >= 15 is 0 Å². The molecule has 0 spiro atoms.